The molecular formula is C15H25IN4OS2. The third-order valence-electron chi connectivity index (χ3n) is 2.66. The van der Waals surface area contributed by atoms with E-state index in [-0.39, 0.29) is 36.4 Å². The summed E-state index contributed by atoms with van der Waals surface area (Å²) >= 11 is 3.50. The fraction of sp³-hybridized carbons (Fsp3) is 0.467. The number of hydrogen-bond donors (Lipinski definition) is 2. The molecule has 23 heavy (non-hydrogen) atoms. The van der Waals surface area contributed by atoms with Gasteiger partial charge in [-0.2, -0.15) is 11.8 Å². The van der Waals surface area contributed by atoms with Crippen LogP contribution in [0.1, 0.15) is 4.88 Å². The molecule has 0 unspecified atom stereocenters. The first-order chi connectivity index (χ1) is 10.6. The molecule has 0 spiro atoms. The summed E-state index contributed by atoms with van der Waals surface area (Å²) < 4.78 is 0. The summed E-state index contributed by atoms with van der Waals surface area (Å²) in [6, 6.07) is 4.09. The fourth-order valence-corrected chi connectivity index (χ4v) is 2.68. The van der Waals surface area contributed by atoms with Crippen molar-refractivity contribution in [2.45, 2.75) is 6.54 Å². The normalized spacial score (nSPS) is 10.6. The Labute approximate surface area is 164 Å². The van der Waals surface area contributed by atoms with Gasteiger partial charge in [0.15, 0.2) is 5.96 Å². The highest BCUT2D eigenvalue weighted by Gasteiger charge is 2.04. The number of amides is 1. The third kappa shape index (κ3) is 10.6. The Morgan fingerprint density at radius 2 is 2.26 bits per heavy atom. The van der Waals surface area contributed by atoms with E-state index in [1.165, 1.54) is 4.88 Å². The number of aliphatic imine (C=N–C) groups is 1. The number of carbonyl (C=O) groups is 1. The largest absolute Gasteiger partial charge is 0.356 e. The first-order valence-electron chi connectivity index (χ1n) is 7.07. The number of thioether (sulfide) groups is 1. The van der Waals surface area contributed by atoms with E-state index < -0.39 is 0 Å². The molecule has 1 heterocycles. The summed E-state index contributed by atoms with van der Waals surface area (Å²) in [5, 5.41) is 8.55. The van der Waals surface area contributed by atoms with Crippen molar-refractivity contribution < 1.29 is 4.79 Å². The number of hydrogen-bond acceptors (Lipinski definition) is 4. The molecule has 0 aromatic carbocycles. The molecule has 0 fully saturated rings. The second kappa shape index (κ2) is 13.7. The molecule has 8 heteroatoms. The molecule has 0 atom stereocenters. The van der Waals surface area contributed by atoms with Crippen LogP contribution in [0.25, 0.3) is 0 Å². The SMILES string of the molecule is C=CCSCCNC(=NCC(=O)N(C)C)NCc1cccs1.I. The van der Waals surface area contributed by atoms with Crippen molar-refractivity contribution in [3.05, 3.63) is 35.0 Å². The fourth-order valence-electron chi connectivity index (χ4n) is 1.45. The number of nitrogens with one attached hydrogen (secondary N) is 2. The maximum absolute atomic E-state index is 11.6. The molecule has 0 aliphatic heterocycles. The van der Waals surface area contributed by atoms with Crippen LogP contribution in [0.15, 0.2) is 35.2 Å². The molecule has 1 amide bonds. The van der Waals surface area contributed by atoms with E-state index in [0.717, 1.165) is 18.1 Å². The van der Waals surface area contributed by atoms with Gasteiger partial charge in [-0.3, -0.25) is 4.79 Å². The van der Waals surface area contributed by atoms with E-state index in [1.807, 2.05) is 17.5 Å². The topological polar surface area (TPSA) is 56.7 Å². The first kappa shape index (κ1) is 22.3. The van der Waals surface area contributed by atoms with Crippen LogP contribution < -0.4 is 10.6 Å². The minimum Gasteiger partial charge on any atom is -0.356 e. The highest BCUT2D eigenvalue weighted by molar-refractivity contribution is 14.0. The summed E-state index contributed by atoms with van der Waals surface area (Å²) in [4.78, 5) is 18.8. The molecule has 5 nitrogen and oxygen atoms in total. The number of halogens is 1. The van der Waals surface area contributed by atoms with Gasteiger partial charge in [-0.1, -0.05) is 12.1 Å². The van der Waals surface area contributed by atoms with Crippen molar-refractivity contribution in [1.82, 2.24) is 15.5 Å². The molecule has 0 radical (unpaired) electrons. The van der Waals surface area contributed by atoms with Crippen LogP contribution in [0.4, 0.5) is 0 Å². The highest BCUT2D eigenvalue weighted by atomic mass is 127. The van der Waals surface area contributed by atoms with Crippen molar-refractivity contribution >= 4 is 58.9 Å². The Kier molecular flexibility index (Phi) is 13.2. The van der Waals surface area contributed by atoms with Crippen molar-refractivity contribution in [3.8, 4) is 0 Å². The molecule has 0 saturated heterocycles. The third-order valence-corrected chi connectivity index (χ3v) is 4.50. The van der Waals surface area contributed by atoms with Crippen molar-refractivity contribution in [3.63, 3.8) is 0 Å². The van der Waals surface area contributed by atoms with Gasteiger partial charge in [0.1, 0.15) is 6.54 Å². The Bertz CT molecular complexity index is 478. The van der Waals surface area contributed by atoms with Gasteiger partial charge in [-0.05, 0) is 11.4 Å². The van der Waals surface area contributed by atoms with E-state index in [9.17, 15) is 4.79 Å². The monoisotopic (exact) mass is 468 g/mol. The zero-order valence-corrected chi connectivity index (χ0v) is 17.5. The summed E-state index contributed by atoms with van der Waals surface area (Å²) in [5.41, 5.74) is 0. The van der Waals surface area contributed by atoms with Gasteiger partial charge in [0, 0.05) is 37.0 Å². The average Bonchev–Trinajstić information content (AvgIpc) is 3.01. The highest BCUT2D eigenvalue weighted by Crippen LogP contribution is 2.07. The molecule has 0 bridgehead atoms. The van der Waals surface area contributed by atoms with Gasteiger partial charge in [-0.15, -0.1) is 41.9 Å². The van der Waals surface area contributed by atoms with Gasteiger partial charge in [0.25, 0.3) is 0 Å². The summed E-state index contributed by atoms with van der Waals surface area (Å²) in [7, 11) is 3.46. The smallest absolute Gasteiger partial charge is 0.243 e. The lowest BCUT2D eigenvalue weighted by Gasteiger charge is -2.13. The van der Waals surface area contributed by atoms with Crippen LogP contribution in [0, 0.1) is 0 Å². The van der Waals surface area contributed by atoms with E-state index in [0.29, 0.717) is 12.5 Å². The average molecular weight is 468 g/mol. The van der Waals surface area contributed by atoms with E-state index in [2.05, 4.69) is 28.3 Å². The molecule has 1 rings (SSSR count). The minimum absolute atomic E-state index is 0. The predicted molar refractivity (Wildman–Crippen MR) is 113 cm³/mol. The molecule has 1 aromatic heterocycles. The Hall–Kier alpha value is -0.740. The summed E-state index contributed by atoms with van der Waals surface area (Å²) in [6.45, 7) is 5.35. The maximum Gasteiger partial charge on any atom is 0.243 e. The van der Waals surface area contributed by atoms with Gasteiger partial charge in [0.2, 0.25) is 5.91 Å². The quantitative estimate of drug-likeness (QED) is 0.192. The summed E-state index contributed by atoms with van der Waals surface area (Å²) in [6.07, 6.45) is 1.89. The van der Waals surface area contributed by atoms with Crippen LogP contribution >= 0.6 is 47.1 Å². The van der Waals surface area contributed by atoms with Gasteiger partial charge in [-0.25, -0.2) is 4.99 Å². The van der Waals surface area contributed by atoms with Crippen LogP contribution in [-0.4, -0.2) is 55.5 Å². The minimum atomic E-state index is -0.0155. The molecule has 0 aliphatic rings. The number of rotatable bonds is 9. The second-order valence-corrected chi connectivity index (χ2v) is 6.86. The van der Waals surface area contributed by atoms with E-state index in [4.69, 9.17) is 0 Å². The Morgan fingerprint density at radius 3 is 2.87 bits per heavy atom. The van der Waals surface area contributed by atoms with E-state index >= 15 is 0 Å². The molecule has 130 valence electrons. The van der Waals surface area contributed by atoms with Crippen molar-refractivity contribution in [2.75, 3.05) is 38.7 Å². The lowest BCUT2D eigenvalue weighted by molar-refractivity contribution is -0.127. The zero-order valence-electron chi connectivity index (χ0n) is 13.6. The lowest BCUT2D eigenvalue weighted by Crippen LogP contribution is -2.39. The maximum atomic E-state index is 11.6. The Morgan fingerprint density at radius 1 is 1.48 bits per heavy atom. The van der Waals surface area contributed by atoms with Gasteiger partial charge < -0.3 is 15.5 Å². The molecular weight excluding hydrogens is 443 g/mol. The zero-order chi connectivity index (χ0) is 16.2. The van der Waals surface area contributed by atoms with Crippen LogP contribution in [-0.2, 0) is 11.3 Å². The number of likely N-dealkylation sites (N-methyl/N-ethyl adjacent to an activating group) is 1. The number of nitrogens with zero attached hydrogens (tertiary/aromatic N) is 2. The molecule has 2 N–H and O–H groups in total. The predicted octanol–water partition coefficient (Wildman–Crippen LogP) is 2.41. The van der Waals surface area contributed by atoms with Crippen LogP contribution in [0.3, 0.4) is 0 Å². The van der Waals surface area contributed by atoms with Crippen molar-refractivity contribution in [2.24, 2.45) is 4.99 Å². The number of thiophene rings is 1. The van der Waals surface area contributed by atoms with Crippen LogP contribution in [0.2, 0.25) is 0 Å². The van der Waals surface area contributed by atoms with Gasteiger partial charge >= 0.3 is 0 Å². The first-order valence-corrected chi connectivity index (χ1v) is 9.10. The number of carbonyl (C=O) groups excluding carboxylic acids is 1. The molecule has 0 saturated carbocycles. The van der Waals surface area contributed by atoms with Gasteiger partial charge in [0.05, 0.1) is 6.54 Å². The van der Waals surface area contributed by atoms with E-state index in [1.54, 1.807) is 42.1 Å². The lowest BCUT2D eigenvalue weighted by atomic mass is 10.4. The van der Waals surface area contributed by atoms with Crippen LogP contribution in [0.5, 0.6) is 0 Å². The molecule has 1 aromatic rings. The van der Waals surface area contributed by atoms with Crippen molar-refractivity contribution in [1.29, 1.82) is 0 Å². The number of guanidine groups is 1. The second-order valence-electron chi connectivity index (χ2n) is 4.68. The standard InChI is InChI=1S/C15H24N4OS2.HI/c1-4-8-21-10-7-16-15(18-12-14(20)19(2)3)17-11-13-6-5-9-22-13;/h4-6,9H,1,7-8,10-12H2,2-3H3,(H2,16,17,18);1H. The molecule has 0 aliphatic carbocycles. The Balaban J connectivity index is 0.00000484. The summed E-state index contributed by atoms with van der Waals surface area (Å²) in [5.74, 6) is 2.56.